The quantitative estimate of drug-likeness (QED) is 0.691. The number of nitrogens with zero attached hydrogens (tertiary/aromatic N) is 1. The fourth-order valence-electron chi connectivity index (χ4n) is 1.97. The summed E-state index contributed by atoms with van der Waals surface area (Å²) in [5, 5.41) is 5.64. The highest BCUT2D eigenvalue weighted by molar-refractivity contribution is 7.09. The molecule has 0 bridgehead atoms. The Morgan fingerprint density at radius 2 is 2.11 bits per heavy atom. The fourth-order valence-corrected chi connectivity index (χ4v) is 2.67. The van der Waals surface area contributed by atoms with Crippen LogP contribution in [0.25, 0.3) is 0 Å². The first-order chi connectivity index (χ1) is 8.59. The fraction of sp³-hybridized carbons (Fsp3) is 0.733. The van der Waals surface area contributed by atoms with Crippen molar-refractivity contribution in [2.24, 2.45) is 0 Å². The molecule has 0 spiro atoms. The smallest absolute Gasteiger partial charge is 0.00644 e. The average molecular weight is 268 g/mol. The molecule has 0 fully saturated rings. The monoisotopic (exact) mass is 268 g/mol. The van der Waals surface area contributed by atoms with Crippen LogP contribution in [0.4, 0.5) is 0 Å². The van der Waals surface area contributed by atoms with Crippen molar-refractivity contribution in [3.63, 3.8) is 0 Å². The van der Waals surface area contributed by atoms with Crippen LogP contribution in [0.3, 0.4) is 0 Å². The highest BCUT2D eigenvalue weighted by Crippen LogP contribution is 2.11. The molecule has 0 aliphatic heterocycles. The lowest BCUT2D eigenvalue weighted by Crippen LogP contribution is -2.32. The Balaban J connectivity index is 2.10. The molecular formula is C15H28N2S. The summed E-state index contributed by atoms with van der Waals surface area (Å²) in [5.74, 6) is 0. The maximum absolute atomic E-state index is 3.48. The summed E-state index contributed by atoms with van der Waals surface area (Å²) in [5.41, 5.74) is 0. The van der Waals surface area contributed by atoms with E-state index >= 15 is 0 Å². The van der Waals surface area contributed by atoms with Crippen molar-refractivity contribution in [2.75, 3.05) is 20.1 Å². The lowest BCUT2D eigenvalue weighted by Gasteiger charge is -2.24. The lowest BCUT2D eigenvalue weighted by atomic mass is 10.1. The summed E-state index contributed by atoms with van der Waals surface area (Å²) in [6.07, 6.45) is 3.73. The Bertz CT molecular complexity index is 295. The van der Waals surface area contributed by atoms with E-state index in [1.54, 1.807) is 0 Å². The van der Waals surface area contributed by atoms with Gasteiger partial charge in [0.1, 0.15) is 0 Å². The number of likely N-dealkylation sites (N-methyl/N-ethyl adjacent to an activating group) is 1. The molecule has 1 aromatic rings. The predicted octanol–water partition coefficient (Wildman–Crippen LogP) is 3.39. The molecule has 104 valence electrons. The minimum atomic E-state index is 0.608. The third-order valence-electron chi connectivity index (χ3n) is 3.39. The summed E-state index contributed by atoms with van der Waals surface area (Å²) < 4.78 is 0. The van der Waals surface area contributed by atoms with Gasteiger partial charge in [-0.25, -0.2) is 0 Å². The molecule has 0 radical (unpaired) electrons. The molecule has 2 nitrogen and oxygen atoms in total. The van der Waals surface area contributed by atoms with Crippen LogP contribution in [0, 0.1) is 0 Å². The summed E-state index contributed by atoms with van der Waals surface area (Å²) >= 11 is 1.86. The number of hydrogen-bond acceptors (Lipinski definition) is 3. The minimum Gasteiger partial charge on any atom is -0.315 e. The zero-order chi connectivity index (χ0) is 13.4. The van der Waals surface area contributed by atoms with E-state index in [1.807, 2.05) is 11.3 Å². The van der Waals surface area contributed by atoms with E-state index in [4.69, 9.17) is 0 Å². The van der Waals surface area contributed by atoms with Gasteiger partial charge in [-0.3, -0.25) is 0 Å². The van der Waals surface area contributed by atoms with Crippen LogP contribution >= 0.6 is 11.3 Å². The second-order valence-corrected chi connectivity index (χ2v) is 6.44. The van der Waals surface area contributed by atoms with Crippen molar-refractivity contribution in [3.8, 4) is 0 Å². The molecule has 0 saturated heterocycles. The largest absolute Gasteiger partial charge is 0.315 e. The highest BCUT2D eigenvalue weighted by atomic mass is 32.1. The maximum Gasteiger partial charge on any atom is 0.00644 e. The molecule has 1 heterocycles. The van der Waals surface area contributed by atoms with Crippen molar-refractivity contribution in [1.29, 1.82) is 0 Å². The Labute approximate surface area is 116 Å². The lowest BCUT2D eigenvalue weighted by molar-refractivity contribution is 0.245. The van der Waals surface area contributed by atoms with E-state index in [9.17, 15) is 0 Å². The van der Waals surface area contributed by atoms with Gasteiger partial charge in [-0.2, -0.15) is 0 Å². The molecule has 1 atom stereocenters. The van der Waals surface area contributed by atoms with Gasteiger partial charge >= 0.3 is 0 Å². The molecule has 18 heavy (non-hydrogen) atoms. The summed E-state index contributed by atoms with van der Waals surface area (Å²) in [6.45, 7) is 9.05. The van der Waals surface area contributed by atoms with Gasteiger partial charge in [-0.15, -0.1) is 11.3 Å². The van der Waals surface area contributed by atoms with Gasteiger partial charge < -0.3 is 10.2 Å². The zero-order valence-electron chi connectivity index (χ0n) is 12.3. The van der Waals surface area contributed by atoms with E-state index in [-0.39, 0.29) is 0 Å². The molecule has 0 aromatic carbocycles. The number of rotatable bonds is 9. The van der Waals surface area contributed by atoms with E-state index < -0.39 is 0 Å². The first-order valence-corrected chi connectivity index (χ1v) is 7.93. The van der Waals surface area contributed by atoms with Gasteiger partial charge in [0.25, 0.3) is 0 Å². The maximum atomic E-state index is 3.48. The molecule has 0 aliphatic carbocycles. The molecule has 0 saturated carbocycles. The van der Waals surface area contributed by atoms with Crippen LogP contribution in [-0.2, 0) is 6.42 Å². The van der Waals surface area contributed by atoms with Crippen molar-refractivity contribution in [2.45, 2.75) is 52.1 Å². The van der Waals surface area contributed by atoms with Crippen LogP contribution in [-0.4, -0.2) is 37.1 Å². The topological polar surface area (TPSA) is 15.3 Å². The van der Waals surface area contributed by atoms with Gasteiger partial charge in [-0.1, -0.05) is 19.9 Å². The van der Waals surface area contributed by atoms with Crippen molar-refractivity contribution < 1.29 is 0 Å². The first kappa shape index (κ1) is 15.7. The number of thiophene rings is 1. The summed E-state index contributed by atoms with van der Waals surface area (Å²) in [7, 11) is 2.24. The standard InChI is InChI=1S/C15H28N2S/c1-13(2)16-10-5-7-14(3)17(4)11-9-15-8-6-12-18-15/h6,8,12-14,16H,5,7,9-11H2,1-4H3. The van der Waals surface area contributed by atoms with E-state index in [0.717, 1.165) is 6.54 Å². The second kappa shape index (κ2) is 8.68. The molecule has 1 unspecified atom stereocenters. The SMILES string of the molecule is CC(C)NCCCC(C)N(C)CCc1cccs1. The normalized spacial score (nSPS) is 13.4. The van der Waals surface area contributed by atoms with Gasteiger partial charge in [0, 0.05) is 23.5 Å². The Morgan fingerprint density at radius 1 is 1.33 bits per heavy atom. The minimum absolute atomic E-state index is 0.608. The Hall–Kier alpha value is -0.380. The van der Waals surface area contributed by atoms with E-state index in [0.29, 0.717) is 12.1 Å². The Morgan fingerprint density at radius 3 is 2.72 bits per heavy atom. The Kier molecular flexibility index (Phi) is 7.56. The number of nitrogens with one attached hydrogen (secondary N) is 1. The van der Waals surface area contributed by atoms with Crippen LogP contribution < -0.4 is 5.32 Å². The zero-order valence-corrected chi connectivity index (χ0v) is 13.1. The summed E-state index contributed by atoms with van der Waals surface area (Å²) in [4.78, 5) is 3.98. The molecule has 0 amide bonds. The second-order valence-electron chi connectivity index (χ2n) is 5.41. The average Bonchev–Trinajstić information content (AvgIpc) is 2.84. The van der Waals surface area contributed by atoms with Crippen molar-refractivity contribution in [1.82, 2.24) is 10.2 Å². The van der Waals surface area contributed by atoms with Crippen molar-refractivity contribution in [3.05, 3.63) is 22.4 Å². The van der Waals surface area contributed by atoms with Crippen LogP contribution in [0.15, 0.2) is 17.5 Å². The van der Waals surface area contributed by atoms with Gasteiger partial charge in [0.15, 0.2) is 0 Å². The molecule has 0 aliphatic rings. The van der Waals surface area contributed by atoms with E-state index in [2.05, 4.69) is 55.5 Å². The van der Waals surface area contributed by atoms with Crippen molar-refractivity contribution >= 4 is 11.3 Å². The predicted molar refractivity (Wildman–Crippen MR) is 82.5 cm³/mol. The van der Waals surface area contributed by atoms with Crippen LogP contribution in [0.5, 0.6) is 0 Å². The summed E-state index contributed by atoms with van der Waals surface area (Å²) in [6, 6.07) is 5.66. The number of hydrogen-bond donors (Lipinski definition) is 1. The molecular weight excluding hydrogens is 240 g/mol. The van der Waals surface area contributed by atoms with Gasteiger partial charge in [0.05, 0.1) is 0 Å². The molecule has 1 aromatic heterocycles. The third-order valence-corrected chi connectivity index (χ3v) is 4.33. The highest BCUT2D eigenvalue weighted by Gasteiger charge is 2.09. The van der Waals surface area contributed by atoms with Gasteiger partial charge in [0.2, 0.25) is 0 Å². The van der Waals surface area contributed by atoms with E-state index in [1.165, 1.54) is 30.7 Å². The molecule has 1 N–H and O–H groups in total. The van der Waals surface area contributed by atoms with Gasteiger partial charge in [-0.05, 0) is 51.2 Å². The van der Waals surface area contributed by atoms with Crippen LogP contribution in [0.1, 0.15) is 38.5 Å². The third kappa shape index (κ3) is 6.53. The first-order valence-electron chi connectivity index (χ1n) is 7.05. The molecule has 3 heteroatoms. The molecule has 1 rings (SSSR count). The van der Waals surface area contributed by atoms with Crippen LogP contribution in [0.2, 0.25) is 0 Å².